The van der Waals surface area contributed by atoms with Crippen LogP contribution < -0.4 is 5.32 Å². The molecule has 0 spiro atoms. The molecule has 0 aliphatic heterocycles. The van der Waals surface area contributed by atoms with Crippen LogP contribution in [0.5, 0.6) is 0 Å². The molecule has 0 radical (unpaired) electrons. The lowest BCUT2D eigenvalue weighted by atomic mass is 10.1. The van der Waals surface area contributed by atoms with Gasteiger partial charge in [-0.15, -0.1) is 0 Å². The van der Waals surface area contributed by atoms with Crippen molar-refractivity contribution in [2.45, 2.75) is 19.9 Å². The van der Waals surface area contributed by atoms with Crippen molar-refractivity contribution in [1.82, 2.24) is 5.32 Å². The number of carbonyl (C=O) groups is 1. The summed E-state index contributed by atoms with van der Waals surface area (Å²) >= 11 is 0. The predicted molar refractivity (Wildman–Crippen MR) is 82.9 cm³/mol. The summed E-state index contributed by atoms with van der Waals surface area (Å²) in [5, 5.41) is 3.95. The van der Waals surface area contributed by atoms with E-state index >= 15 is 0 Å². The first kappa shape index (κ1) is 13.4. The van der Waals surface area contributed by atoms with E-state index in [1.807, 2.05) is 49.4 Å². The van der Waals surface area contributed by atoms with Crippen LogP contribution in [-0.2, 0) is 17.8 Å². The topological polar surface area (TPSA) is 42.2 Å². The number of hydrogen-bond acceptors (Lipinski definition) is 2. The number of benzene rings is 2. The Morgan fingerprint density at radius 3 is 2.76 bits per heavy atom. The molecule has 0 saturated heterocycles. The second-order valence-corrected chi connectivity index (χ2v) is 5.20. The molecule has 3 heteroatoms. The van der Waals surface area contributed by atoms with Crippen LogP contribution in [0.15, 0.2) is 59.2 Å². The van der Waals surface area contributed by atoms with Crippen LogP contribution >= 0.6 is 0 Å². The van der Waals surface area contributed by atoms with Crippen molar-refractivity contribution in [3.05, 3.63) is 71.5 Å². The van der Waals surface area contributed by atoms with Crippen LogP contribution in [0.1, 0.15) is 16.7 Å². The van der Waals surface area contributed by atoms with Crippen molar-refractivity contribution < 1.29 is 9.21 Å². The van der Waals surface area contributed by atoms with Gasteiger partial charge in [-0.25, -0.2) is 0 Å². The van der Waals surface area contributed by atoms with Gasteiger partial charge in [0.2, 0.25) is 5.91 Å². The van der Waals surface area contributed by atoms with Crippen molar-refractivity contribution in [3.63, 3.8) is 0 Å². The average Bonchev–Trinajstić information content (AvgIpc) is 2.88. The third-order valence-electron chi connectivity index (χ3n) is 3.49. The van der Waals surface area contributed by atoms with E-state index in [2.05, 4.69) is 11.4 Å². The highest BCUT2D eigenvalue weighted by molar-refractivity contribution is 5.87. The van der Waals surface area contributed by atoms with Crippen molar-refractivity contribution >= 4 is 16.9 Å². The lowest BCUT2D eigenvalue weighted by molar-refractivity contribution is -0.120. The molecule has 0 aliphatic carbocycles. The van der Waals surface area contributed by atoms with Crippen LogP contribution in [0.25, 0.3) is 11.0 Å². The van der Waals surface area contributed by atoms with Gasteiger partial charge in [-0.2, -0.15) is 0 Å². The fourth-order valence-corrected chi connectivity index (χ4v) is 2.36. The first-order chi connectivity index (χ1) is 10.2. The Morgan fingerprint density at radius 2 is 1.95 bits per heavy atom. The van der Waals surface area contributed by atoms with Crippen molar-refractivity contribution in [1.29, 1.82) is 0 Å². The molecule has 2 aromatic carbocycles. The second kappa shape index (κ2) is 5.83. The third kappa shape index (κ3) is 3.14. The minimum atomic E-state index is 0.00283. The van der Waals surface area contributed by atoms with Gasteiger partial charge in [0, 0.05) is 17.5 Å². The fraction of sp³-hybridized carbons (Fsp3) is 0.167. The monoisotopic (exact) mass is 279 g/mol. The van der Waals surface area contributed by atoms with Gasteiger partial charge >= 0.3 is 0 Å². The quantitative estimate of drug-likeness (QED) is 0.793. The highest BCUT2D eigenvalue weighted by atomic mass is 16.3. The fourth-order valence-electron chi connectivity index (χ4n) is 2.36. The molecule has 0 aliphatic rings. The summed E-state index contributed by atoms with van der Waals surface area (Å²) in [7, 11) is 0. The third-order valence-corrected chi connectivity index (χ3v) is 3.49. The minimum absolute atomic E-state index is 0.00283. The maximum absolute atomic E-state index is 12.1. The molecular formula is C18H17NO2. The molecule has 1 N–H and O–H groups in total. The molecule has 0 bridgehead atoms. The minimum Gasteiger partial charge on any atom is -0.464 e. The Kier molecular flexibility index (Phi) is 3.73. The number of hydrogen-bond donors (Lipinski definition) is 1. The Balaban J connectivity index is 1.67. The van der Waals surface area contributed by atoms with Gasteiger partial charge in [0.15, 0.2) is 0 Å². The zero-order chi connectivity index (χ0) is 14.7. The molecule has 21 heavy (non-hydrogen) atoms. The van der Waals surface area contributed by atoms with Crippen molar-refractivity contribution in [2.24, 2.45) is 0 Å². The first-order valence-electron chi connectivity index (χ1n) is 7.00. The van der Waals surface area contributed by atoms with E-state index in [0.29, 0.717) is 13.0 Å². The Hall–Kier alpha value is -2.55. The van der Waals surface area contributed by atoms with E-state index < -0.39 is 0 Å². The molecule has 0 atom stereocenters. The highest BCUT2D eigenvalue weighted by Crippen LogP contribution is 2.22. The summed E-state index contributed by atoms with van der Waals surface area (Å²) in [6, 6.07) is 15.9. The molecule has 0 unspecified atom stereocenters. The first-order valence-corrected chi connectivity index (χ1v) is 7.00. The summed E-state index contributed by atoms with van der Waals surface area (Å²) in [4.78, 5) is 12.1. The standard InChI is InChI=1S/C18H17NO2/c1-13-7-8-17-16(9-13)15(12-21-17)10-18(20)19-11-14-5-3-2-4-6-14/h2-9,12H,10-11H2,1H3,(H,19,20). The van der Waals surface area contributed by atoms with Gasteiger partial charge in [0.1, 0.15) is 5.58 Å². The lowest BCUT2D eigenvalue weighted by Gasteiger charge is -2.04. The molecule has 1 aromatic heterocycles. The maximum Gasteiger partial charge on any atom is 0.224 e. The van der Waals surface area contributed by atoms with Gasteiger partial charge < -0.3 is 9.73 Å². The zero-order valence-electron chi connectivity index (χ0n) is 11.9. The molecule has 3 nitrogen and oxygen atoms in total. The summed E-state index contributed by atoms with van der Waals surface area (Å²) in [5.41, 5.74) is 4.01. The van der Waals surface area contributed by atoms with E-state index in [0.717, 1.165) is 27.7 Å². The van der Waals surface area contributed by atoms with Crippen LogP contribution in [0, 0.1) is 6.92 Å². The molecule has 1 amide bonds. The van der Waals surface area contributed by atoms with Crippen LogP contribution in [0.4, 0.5) is 0 Å². The normalized spacial score (nSPS) is 10.7. The van der Waals surface area contributed by atoms with Crippen molar-refractivity contribution in [3.8, 4) is 0 Å². The van der Waals surface area contributed by atoms with Gasteiger partial charge in [-0.1, -0.05) is 42.0 Å². The maximum atomic E-state index is 12.1. The zero-order valence-corrected chi connectivity index (χ0v) is 11.9. The SMILES string of the molecule is Cc1ccc2occ(CC(=O)NCc3ccccc3)c2c1. The number of amides is 1. The van der Waals surface area contributed by atoms with Gasteiger partial charge in [0.05, 0.1) is 12.7 Å². The number of nitrogens with one attached hydrogen (secondary N) is 1. The number of fused-ring (bicyclic) bond motifs is 1. The molecule has 1 heterocycles. The number of rotatable bonds is 4. The van der Waals surface area contributed by atoms with Crippen LogP contribution in [0.2, 0.25) is 0 Å². The largest absolute Gasteiger partial charge is 0.464 e. The summed E-state index contributed by atoms with van der Waals surface area (Å²) < 4.78 is 5.49. The van der Waals surface area contributed by atoms with E-state index in [1.165, 1.54) is 0 Å². The van der Waals surface area contributed by atoms with Gasteiger partial charge in [-0.05, 0) is 24.6 Å². The Bertz CT molecular complexity index is 759. The predicted octanol–water partition coefficient (Wildman–Crippen LogP) is 3.60. The smallest absolute Gasteiger partial charge is 0.224 e. The van der Waals surface area contributed by atoms with Crippen LogP contribution in [-0.4, -0.2) is 5.91 Å². The van der Waals surface area contributed by atoms with Crippen LogP contribution in [0.3, 0.4) is 0 Å². The highest BCUT2D eigenvalue weighted by Gasteiger charge is 2.10. The average molecular weight is 279 g/mol. The van der Waals surface area contributed by atoms with E-state index in [-0.39, 0.29) is 5.91 Å². The van der Waals surface area contributed by atoms with Crippen molar-refractivity contribution in [2.75, 3.05) is 0 Å². The lowest BCUT2D eigenvalue weighted by Crippen LogP contribution is -2.24. The van der Waals surface area contributed by atoms with E-state index in [1.54, 1.807) is 6.26 Å². The molecule has 0 saturated carbocycles. The van der Waals surface area contributed by atoms with Gasteiger partial charge in [-0.3, -0.25) is 4.79 Å². The Morgan fingerprint density at radius 1 is 1.14 bits per heavy atom. The number of carbonyl (C=O) groups excluding carboxylic acids is 1. The molecular weight excluding hydrogens is 262 g/mol. The Labute approximate surface area is 123 Å². The molecule has 3 rings (SSSR count). The van der Waals surface area contributed by atoms with E-state index in [9.17, 15) is 4.79 Å². The number of furan rings is 1. The van der Waals surface area contributed by atoms with E-state index in [4.69, 9.17) is 4.42 Å². The second-order valence-electron chi connectivity index (χ2n) is 5.20. The molecule has 3 aromatic rings. The molecule has 106 valence electrons. The summed E-state index contributed by atoms with van der Waals surface area (Å²) in [6.07, 6.45) is 2.01. The van der Waals surface area contributed by atoms with Gasteiger partial charge in [0.25, 0.3) is 0 Å². The number of aryl methyl sites for hydroxylation is 1. The summed E-state index contributed by atoms with van der Waals surface area (Å²) in [6.45, 7) is 2.58. The summed E-state index contributed by atoms with van der Waals surface area (Å²) in [5.74, 6) is 0.00283. The molecule has 0 fully saturated rings.